The highest BCUT2D eigenvalue weighted by Crippen LogP contribution is 2.49. The first-order valence-corrected chi connectivity index (χ1v) is 24.9. The van der Waals surface area contributed by atoms with Crippen LogP contribution < -0.4 is 0 Å². The van der Waals surface area contributed by atoms with Gasteiger partial charge in [0.1, 0.15) is 0 Å². The van der Waals surface area contributed by atoms with Crippen LogP contribution in [-0.4, -0.2) is 24.1 Å². The monoisotopic (exact) mass is 992 g/mol. The highest BCUT2D eigenvalue weighted by Gasteiger charge is 2.27. The first kappa shape index (κ1) is 46.1. The normalized spacial score (nSPS) is 11.0. The van der Waals surface area contributed by atoms with Crippen LogP contribution in [0, 0.1) is 47.1 Å². The Morgan fingerprint density at radius 3 is 1.41 bits per heavy atom. The topological polar surface area (TPSA) is 129 Å². The number of hydrogen-bond acceptors (Lipinski definition) is 6. The predicted octanol–water partition coefficient (Wildman–Crippen LogP) is 16.8. The van der Waals surface area contributed by atoms with E-state index in [0.29, 0.717) is 67.8 Å². The maximum absolute atomic E-state index is 10.3. The van der Waals surface area contributed by atoms with E-state index < -0.39 is 0 Å². The lowest BCUT2D eigenvalue weighted by Gasteiger charge is -2.22. The molecule has 0 N–H and O–H groups in total. The number of fused-ring (bicyclic) bond motifs is 6. The van der Waals surface area contributed by atoms with Crippen molar-refractivity contribution in [3.63, 3.8) is 0 Å². The van der Waals surface area contributed by atoms with Gasteiger partial charge < -0.3 is 9.13 Å². The molecule has 0 aliphatic rings. The van der Waals surface area contributed by atoms with Crippen molar-refractivity contribution in [1.29, 1.82) is 15.8 Å². The molecule has 10 heteroatoms. The summed E-state index contributed by atoms with van der Waals surface area (Å²) in [6.07, 6.45) is 0. The summed E-state index contributed by atoms with van der Waals surface area (Å²) in [5.41, 5.74) is 13.8. The molecule has 0 bridgehead atoms. The fourth-order valence-corrected chi connectivity index (χ4v) is 10.9. The van der Waals surface area contributed by atoms with Crippen LogP contribution in [0.2, 0.25) is 0 Å². The lowest BCUT2D eigenvalue weighted by molar-refractivity contribution is 1.07. The molecule has 0 saturated carbocycles. The van der Waals surface area contributed by atoms with Gasteiger partial charge in [-0.2, -0.15) is 15.8 Å². The van der Waals surface area contributed by atoms with E-state index in [4.69, 9.17) is 28.1 Å². The molecule has 78 heavy (non-hydrogen) atoms. The quantitative estimate of drug-likeness (QED) is 0.139. The van der Waals surface area contributed by atoms with Gasteiger partial charge in [0.2, 0.25) is 0 Å². The van der Waals surface area contributed by atoms with Crippen LogP contribution in [0.25, 0.3) is 132 Å². The Balaban J connectivity index is 1.14. The minimum atomic E-state index is 0.396. The summed E-state index contributed by atoms with van der Waals surface area (Å²) >= 11 is 0. The minimum absolute atomic E-state index is 0.396. The molecule has 358 valence electrons. The molecule has 0 radical (unpaired) electrons. The zero-order valence-corrected chi connectivity index (χ0v) is 41.3. The Hall–Kier alpha value is -11.7. The number of nitriles is 3. The van der Waals surface area contributed by atoms with Crippen molar-refractivity contribution in [2.45, 2.75) is 0 Å². The van der Waals surface area contributed by atoms with Crippen molar-refractivity contribution in [3.05, 3.63) is 258 Å². The molecule has 0 spiro atoms. The van der Waals surface area contributed by atoms with Gasteiger partial charge in [-0.15, -0.1) is 0 Å². The molecular weight excluding hydrogens is 957 g/mol. The van der Waals surface area contributed by atoms with Gasteiger partial charge in [-0.1, -0.05) is 152 Å². The number of hydrogen-bond donors (Lipinski definition) is 0. The summed E-state index contributed by atoms with van der Waals surface area (Å²) in [4.78, 5) is 23.6. The van der Waals surface area contributed by atoms with Crippen molar-refractivity contribution in [3.8, 4) is 97.1 Å². The first-order chi connectivity index (χ1) is 38.5. The fraction of sp³-hybridized carbons (Fsp3) is 0. The molecule has 10 aromatic carbocycles. The molecular formula is C68H36N10. The smallest absolute Gasteiger partial charge is 0.197 e. The predicted molar refractivity (Wildman–Crippen MR) is 308 cm³/mol. The molecule has 0 aliphatic heterocycles. The average molecular weight is 993 g/mol. The van der Waals surface area contributed by atoms with Gasteiger partial charge >= 0.3 is 0 Å². The highest BCUT2D eigenvalue weighted by atomic mass is 15.0. The van der Waals surface area contributed by atoms with Crippen molar-refractivity contribution in [1.82, 2.24) is 24.1 Å². The third-order valence-corrected chi connectivity index (χ3v) is 14.3. The summed E-state index contributed by atoms with van der Waals surface area (Å²) in [5.74, 6) is 1.38. The molecule has 0 amide bonds. The maximum Gasteiger partial charge on any atom is 0.197 e. The number of nitrogens with zero attached hydrogens (tertiary/aromatic N) is 10. The average Bonchev–Trinajstić information content (AvgIpc) is 4.18. The van der Waals surface area contributed by atoms with Crippen LogP contribution in [0.3, 0.4) is 0 Å². The summed E-state index contributed by atoms with van der Waals surface area (Å²) < 4.78 is 4.45. The third-order valence-electron chi connectivity index (χ3n) is 14.3. The van der Waals surface area contributed by atoms with Crippen LogP contribution in [0.1, 0.15) is 16.7 Å². The van der Waals surface area contributed by atoms with E-state index in [1.54, 1.807) is 24.3 Å². The van der Waals surface area contributed by atoms with Gasteiger partial charge in [-0.3, -0.25) is 0 Å². The van der Waals surface area contributed by atoms with E-state index in [-0.39, 0.29) is 0 Å². The van der Waals surface area contributed by atoms with Crippen LogP contribution in [0.4, 0.5) is 11.4 Å². The second kappa shape index (κ2) is 18.9. The second-order valence-electron chi connectivity index (χ2n) is 18.6. The Kier molecular flexibility index (Phi) is 11.2. The molecule has 0 atom stereocenters. The number of benzene rings is 10. The number of rotatable bonds is 8. The van der Waals surface area contributed by atoms with Gasteiger partial charge in [0.25, 0.3) is 0 Å². The van der Waals surface area contributed by atoms with Crippen LogP contribution in [0.15, 0.2) is 218 Å². The lowest BCUT2D eigenvalue weighted by Crippen LogP contribution is -2.06. The van der Waals surface area contributed by atoms with Gasteiger partial charge in [0.15, 0.2) is 28.8 Å². The van der Waals surface area contributed by atoms with Gasteiger partial charge in [-0.25, -0.2) is 24.6 Å². The largest absolute Gasteiger partial charge is 0.310 e. The zero-order chi connectivity index (χ0) is 52.9. The zero-order valence-electron chi connectivity index (χ0n) is 41.3. The standard InChI is InChI=1S/C68H36N10/c1-72-49-30-32-51(48(36-49)41-71)46-29-33-60-55(38-46)52-19-9-11-23-58(52)77(60)62-25-13-21-54(68-75-66(43-15-5-3-6-16-43)74-67(76-68)44-17-7-4-8-18-44)64(62)65-57(73-2)22-14-26-63(65)78-59-24-12-10-20-53(59)56-37-45(28-34-61(56)78)50-31-27-42(39-69)35-47(50)40-70/h3-38H. The van der Waals surface area contributed by atoms with Gasteiger partial charge in [0.05, 0.1) is 70.2 Å². The van der Waals surface area contributed by atoms with E-state index >= 15 is 0 Å². The third kappa shape index (κ3) is 7.57. The lowest BCUT2D eigenvalue weighted by atomic mass is 9.93. The summed E-state index contributed by atoms with van der Waals surface area (Å²) in [6, 6.07) is 77.6. The molecule has 0 fully saturated rings. The number of para-hydroxylation sites is 2. The van der Waals surface area contributed by atoms with Crippen molar-refractivity contribution >= 4 is 55.0 Å². The molecule has 0 unspecified atom stereocenters. The highest BCUT2D eigenvalue weighted by molar-refractivity contribution is 6.14. The van der Waals surface area contributed by atoms with E-state index in [0.717, 1.165) is 82.8 Å². The van der Waals surface area contributed by atoms with Crippen molar-refractivity contribution < 1.29 is 0 Å². The Labute approximate surface area is 447 Å². The Morgan fingerprint density at radius 2 is 0.859 bits per heavy atom. The molecule has 3 aromatic heterocycles. The van der Waals surface area contributed by atoms with Crippen molar-refractivity contribution in [2.24, 2.45) is 0 Å². The second-order valence-corrected chi connectivity index (χ2v) is 18.6. The van der Waals surface area contributed by atoms with E-state index in [9.17, 15) is 15.8 Å². The molecule has 13 aromatic rings. The molecule has 10 nitrogen and oxygen atoms in total. The van der Waals surface area contributed by atoms with E-state index in [1.165, 1.54) is 0 Å². The maximum atomic E-state index is 10.3. The molecule has 0 aliphatic carbocycles. The Bertz CT molecular complexity index is 4800. The van der Waals surface area contributed by atoms with Crippen molar-refractivity contribution in [2.75, 3.05) is 0 Å². The Morgan fingerprint density at radius 1 is 0.359 bits per heavy atom. The SMILES string of the molecule is [C-]#[N+]c1ccc(-c2ccc3c(c2)c2ccccc2n3-c2cccc(-c3nc(-c4ccccc4)nc(-c4ccccc4)n3)c2-c2c([N+]#[C-])cccc2-n2c3ccccc3c3cc(-c4ccc(C#N)cc4C#N)ccc32)c(C#N)c1. The van der Waals surface area contributed by atoms with Crippen LogP contribution in [0.5, 0.6) is 0 Å². The molecule has 0 saturated heterocycles. The van der Waals surface area contributed by atoms with Gasteiger partial charge in [-0.05, 0) is 89.0 Å². The first-order valence-electron chi connectivity index (χ1n) is 24.9. The minimum Gasteiger partial charge on any atom is -0.310 e. The summed E-state index contributed by atoms with van der Waals surface area (Å²) in [5, 5.41) is 34.0. The van der Waals surface area contributed by atoms with Crippen LogP contribution in [-0.2, 0) is 0 Å². The van der Waals surface area contributed by atoms with E-state index in [1.807, 2.05) is 133 Å². The number of aromatic nitrogens is 5. The molecule has 13 rings (SSSR count). The molecule has 3 heterocycles. The fourth-order valence-electron chi connectivity index (χ4n) is 10.9. The van der Waals surface area contributed by atoms with Gasteiger partial charge in [0, 0.05) is 60.6 Å². The summed E-state index contributed by atoms with van der Waals surface area (Å²) in [6.45, 7) is 16.6. The van der Waals surface area contributed by atoms with E-state index in [2.05, 4.69) is 97.7 Å². The van der Waals surface area contributed by atoms with Crippen LogP contribution >= 0.6 is 0 Å². The summed E-state index contributed by atoms with van der Waals surface area (Å²) in [7, 11) is 0.